The number of sulfonamides is 1. The van der Waals surface area contributed by atoms with Crippen LogP contribution >= 0.6 is 0 Å². The minimum absolute atomic E-state index is 0.127. The average molecular weight is 348 g/mol. The minimum Gasteiger partial charge on any atom is -0.326 e. The molecule has 128 valence electrons. The Labute approximate surface area is 141 Å². The van der Waals surface area contributed by atoms with Crippen LogP contribution in [0.1, 0.15) is 36.8 Å². The number of hydrogen-bond acceptors (Lipinski definition) is 4. The minimum atomic E-state index is -3.75. The van der Waals surface area contributed by atoms with Crippen LogP contribution in [0.15, 0.2) is 23.1 Å². The maximum atomic E-state index is 12.7. The fraction of sp³-hybridized carbons (Fsp3) is 0.375. The van der Waals surface area contributed by atoms with Gasteiger partial charge in [0.05, 0.1) is 28.4 Å². The Bertz CT molecular complexity index is 929. The third kappa shape index (κ3) is 2.77. The van der Waals surface area contributed by atoms with Gasteiger partial charge in [-0.25, -0.2) is 8.42 Å². The van der Waals surface area contributed by atoms with Crippen molar-refractivity contribution in [2.24, 2.45) is 0 Å². The molecule has 2 N–H and O–H groups in total. The van der Waals surface area contributed by atoms with Crippen LogP contribution in [0.5, 0.6) is 0 Å². The summed E-state index contributed by atoms with van der Waals surface area (Å²) < 4.78 is 29.8. The van der Waals surface area contributed by atoms with E-state index in [1.165, 1.54) is 12.1 Å². The molecule has 7 nitrogen and oxygen atoms in total. The van der Waals surface area contributed by atoms with Crippen molar-refractivity contribution in [2.45, 2.75) is 45.1 Å². The summed E-state index contributed by atoms with van der Waals surface area (Å²) in [5.74, 6) is -0.127. The van der Waals surface area contributed by atoms with Crippen LogP contribution in [0.4, 0.5) is 11.4 Å². The predicted molar refractivity (Wildman–Crippen MR) is 91.7 cm³/mol. The monoisotopic (exact) mass is 348 g/mol. The van der Waals surface area contributed by atoms with Crippen molar-refractivity contribution < 1.29 is 13.2 Å². The fourth-order valence-corrected chi connectivity index (χ4v) is 4.11. The number of rotatable bonds is 4. The summed E-state index contributed by atoms with van der Waals surface area (Å²) in [4.78, 5) is 11.6. The molecule has 3 rings (SSSR count). The zero-order valence-corrected chi connectivity index (χ0v) is 14.9. The largest absolute Gasteiger partial charge is 0.326 e. The second-order valence-corrected chi connectivity index (χ2v) is 7.92. The number of anilines is 2. The van der Waals surface area contributed by atoms with Gasteiger partial charge < -0.3 is 5.32 Å². The summed E-state index contributed by atoms with van der Waals surface area (Å²) in [6.45, 7) is 7.59. The number of fused-ring (bicyclic) bond motifs is 1. The van der Waals surface area contributed by atoms with Gasteiger partial charge in [0.15, 0.2) is 0 Å². The maximum absolute atomic E-state index is 12.7. The first kappa shape index (κ1) is 16.5. The van der Waals surface area contributed by atoms with Crippen LogP contribution in [-0.2, 0) is 21.2 Å². The van der Waals surface area contributed by atoms with Crippen molar-refractivity contribution in [1.82, 2.24) is 9.78 Å². The Kier molecular flexibility index (Phi) is 3.87. The van der Waals surface area contributed by atoms with E-state index in [9.17, 15) is 13.2 Å². The lowest BCUT2D eigenvalue weighted by molar-refractivity contribution is -0.115. The van der Waals surface area contributed by atoms with Crippen LogP contribution in [0.25, 0.3) is 0 Å². The third-order valence-corrected chi connectivity index (χ3v) is 5.41. The molecule has 24 heavy (non-hydrogen) atoms. The smallest absolute Gasteiger partial charge is 0.262 e. The van der Waals surface area contributed by atoms with Crippen molar-refractivity contribution in [3.8, 4) is 0 Å². The molecule has 1 aromatic heterocycles. The topological polar surface area (TPSA) is 93.1 Å². The Hall–Kier alpha value is -2.35. The van der Waals surface area contributed by atoms with E-state index in [2.05, 4.69) is 15.1 Å². The highest BCUT2D eigenvalue weighted by atomic mass is 32.2. The second kappa shape index (κ2) is 5.62. The molecule has 0 atom stereocenters. The third-order valence-electron chi connectivity index (χ3n) is 4.06. The summed E-state index contributed by atoms with van der Waals surface area (Å²) in [6.07, 6.45) is 0.196. The van der Waals surface area contributed by atoms with Gasteiger partial charge in [-0.2, -0.15) is 5.10 Å². The van der Waals surface area contributed by atoms with Gasteiger partial charge in [-0.1, -0.05) is 0 Å². The Morgan fingerprint density at radius 3 is 2.62 bits per heavy atom. The number of hydrogen-bond donors (Lipinski definition) is 2. The summed E-state index contributed by atoms with van der Waals surface area (Å²) >= 11 is 0. The van der Waals surface area contributed by atoms with Gasteiger partial charge in [0.25, 0.3) is 10.0 Å². The van der Waals surface area contributed by atoms with Gasteiger partial charge in [-0.3, -0.25) is 14.2 Å². The molecule has 0 bridgehead atoms. The first-order chi connectivity index (χ1) is 11.2. The maximum Gasteiger partial charge on any atom is 0.262 e. The highest BCUT2D eigenvalue weighted by Gasteiger charge is 2.24. The standard InChI is InChI=1S/C16H20N4O3S/c1-9(2)20-11(4)16(10(3)18-20)19-24(22,23)13-5-6-14-12(7-13)8-15(21)17-14/h5-7,9,19H,8H2,1-4H3,(H,17,21). The lowest BCUT2D eigenvalue weighted by Gasteiger charge is -2.11. The molecule has 1 amide bonds. The number of benzene rings is 1. The SMILES string of the molecule is Cc1nn(C(C)C)c(C)c1NS(=O)(=O)c1ccc2c(c1)CC(=O)N2. The summed E-state index contributed by atoms with van der Waals surface area (Å²) in [6, 6.07) is 4.78. The molecule has 1 aromatic carbocycles. The summed E-state index contributed by atoms with van der Waals surface area (Å²) in [5, 5.41) is 7.08. The van der Waals surface area contributed by atoms with E-state index in [1.807, 2.05) is 20.8 Å². The zero-order valence-electron chi connectivity index (χ0n) is 14.0. The quantitative estimate of drug-likeness (QED) is 0.887. The van der Waals surface area contributed by atoms with Gasteiger partial charge in [-0.05, 0) is 51.5 Å². The second-order valence-electron chi connectivity index (χ2n) is 6.23. The lowest BCUT2D eigenvalue weighted by Crippen LogP contribution is -2.14. The van der Waals surface area contributed by atoms with Crippen LogP contribution in [0.3, 0.4) is 0 Å². The van der Waals surface area contributed by atoms with Gasteiger partial charge in [0.1, 0.15) is 0 Å². The van der Waals surface area contributed by atoms with Crippen LogP contribution in [-0.4, -0.2) is 24.1 Å². The van der Waals surface area contributed by atoms with Crippen LogP contribution < -0.4 is 10.0 Å². The first-order valence-electron chi connectivity index (χ1n) is 7.70. The molecule has 2 aromatic rings. The molecule has 0 fully saturated rings. The van der Waals surface area contributed by atoms with E-state index in [0.717, 1.165) is 5.69 Å². The Morgan fingerprint density at radius 1 is 1.29 bits per heavy atom. The van der Waals surface area contributed by atoms with E-state index in [-0.39, 0.29) is 23.3 Å². The molecule has 0 aliphatic carbocycles. The van der Waals surface area contributed by atoms with E-state index >= 15 is 0 Å². The number of amides is 1. The molecular formula is C16H20N4O3S. The normalized spacial score (nSPS) is 14.0. The summed E-state index contributed by atoms with van der Waals surface area (Å²) in [7, 11) is -3.75. The number of carbonyl (C=O) groups excluding carboxylic acids is 1. The number of carbonyl (C=O) groups is 1. The predicted octanol–water partition coefficient (Wildman–Crippen LogP) is 2.38. The van der Waals surface area contributed by atoms with E-state index < -0.39 is 10.0 Å². The fourth-order valence-electron chi connectivity index (χ4n) is 2.88. The molecule has 0 unspecified atom stereocenters. The van der Waals surface area contributed by atoms with Crippen molar-refractivity contribution >= 4 is 27.3 Å². The van der Waals surface area contributed by atoms with Crippen molar-refractivity contribution in [3.63, 3.8) is 0 Å². The van der Waals surface area contributed by atoms with Crippen LogP contribution in [0, 0.1) is 13.8 Å². The van der Waals surface area contributed by atoms with Crippen LogP contribution in [0.2, 0.25) is 0 Å². The van der Waals surface area contributed by atoms with E-state index in [0.29, 0.717) is 22.6 Å². The number of nitrogens with zero attached hydrogens (tertiary/aromatic N) is 2. The molecule has 2 heterocycles. The molecule has 8 heteroatoms. The number of aromatic nitrogens is 2. The van der Waals surface area contributed by atoms with E-state index in [1.54, 1.807) is 17.7 Å². The van der Waals surface area contributed by atoms with Gasteiger partial charge in [-0.15, -0.1) is 0 Å². The van der Waals surface area contributed by atoms with Crippen molar-refractivity contribution in [1.29, 1.82) is 0 Å². The molecule has 0 saturated carbocycles. The highest BCUT2D eigenvalue weighted by Crippen LogP contribution is 2.29. The molecule has 1 aliphatic rings. The van der Waals surface area contributed by atoms with Gasteiger partial charge in [0, 0.05) is 11.7 Å². The molecule has 1 aliphatic heterocycles. The summed E-state index contributed by atoms with van der Waals surface area (Å²) in [5.41, 5.74) is 3.25. The average Bonchev–Trinajstić information content (AvgIpc) is 2.99. The van der Waals surface area contributed by atoms with Gasteiger partial charge >= 0.3 is 0 Å². The number of nitrogens with one attached hydrogen (secondary N) is 2. The Balaban J connectivity index is 1.96. The highest BCUT2D eigenvalue weighted by molar-refractivity contribution is 7.92. The molecule has 0 saturated heterocycles. The zero-order chi connectivity index (χ0) is 17.6. The lowest BCUT2D eigenvalue weighted by atomic mass is 10.2. The van der Waals surface area contributed by atoms with Crippen molar-refractivity contribution in [3.05, 3.63) is 35.2 Å². The first-order valence-corrected chi connectivity index (χ1v) is 9.18. The Morgan fingerprint density at radius 2 is 2.00 bits per heavy atom. The molecular weight excluding hydrogens is 328 g/mol. The molecule has 0 spiro atoms. The molecule has 0 radical (unpaired) electrons. The van der Waals surface area contributed by atoms with Gasteiger partial charge in [0.2, 0.25) is 5.91 Å². The van der Waals surface area contributed by atoms with E-state index in [4.69, 9.17) is 0 Å². The number of aryl methyl sites for hydroxylation is 1. The van der Waals surface area contributed by atoms with Crippen molar-refractivity contribution in [2.75, 3.05) is 10.0 Å².